The summed E-state index contributed by atoms with van der Waals surface area (Å²) in [5.74, 6) is 1.32. The highest BCUT2D eigenvalue weighted by Crippen LogP contribution is 2.29. The second-order valence-electron chi connectivity index (χ2n) is 6.50. The summed E-state index contributed by atoms with van der Waals surface area (Å²) >= 11 is 0. The SMILES string of the molecule is C[C@H](c1nc(-c2ccccc2)no1)N1CCCC[C@@H]1Cn1cncn1. The maximum atomic E-state index is 5.58. The number of likely N-dealkylation sites (tertiary alicyclic amines) is 1. The second kappa shape index (κ2) is 7.14. The summed E-state index contributed by atoms with van der Waals surface area (Å²) in [5, 5.41) is 8.41. The van der Waals surface area contributed by atoms with Crippen LogP contribution in [0.4, 0.5) is 0 Å². The van der Waals surface area contributed by atoms with Crippen molar-refractivity contribution in [3.05, 3.63) is 48.9 Å². The van der Waals surface area contributed by atoms with E-state index in [1.165, 1.54) is 12.8 Å². The van der Waals surface area contributed by atoms with Crippen molar-refractivity contribution in [2.75, 3.05) is 6.54 Å². The predicted octanol–water partition coefficient (Wildman–Crippen LogP) is 2.94. The van der Waals surface area contributed by atoms with Crippen molar-refractivity contribution in [2.24, 2.45) is 0 Å². The van der Waals surface area contributed by atoms with Crippen LogP contribution in [0, 0.1) is 0 Å². The third-order valence-corrected chi connectivity index (χ3v) is 4.87. The summed E-state index contributed by atoms with van der Waals surface area (Å²) < 4.78 is 7.48. The largest absolute Gasteiger partial charge is 0.337 e. The Balaban J connectivity index is 1.52. The molecular formula is C18H22N6O. The molecule has 0 spiro atoms. The lowest BCUT2D eigenvalue weighted by Crippen LogP contribution is -2.43. The molecule has 1 aromatic carbocycles. The van der Waals surface area contributed by atoms with Gasteiger partial charge in [0, 0.05) is 11.6 Å². The number of piperidine rings is 1. The zero-order valence-electron chi connectivity index (χ0n) is 14.3. The topological polar surface area (TPSA) is 72.9 Å². The lowest BCUT2D eigenvalue weighted by Gasteiger charge is -2.38. The van der Waals surface area contributed by atoms with Crippen LogP contribution < -0.4 is 0 Å². The van der Waals surface area contributed by atoms with Gasteiger partial charge in [-0.25, -0.2) is 4.98 Å². The van der Waals surface area contributed by atoms with Gasteiger partial charge in [0.2, 0.25) is 11.7 Å². The first-order valence-electron chi connectivity index (χ1n) is 8.78. The van der Waals surface area contributed by atoms with Crippen LogP contribution in [0.1, 0.15) is 38.1 Å². The van der Waals surface area contributed by atoms with Crippen LogP contribution in [-0.4, -0.2) is 42.4 Å². The summed E-state index contributed by atoms with van der Waals surface area (Å²) in [4.78, 5) is 11.1. The Labute approximate surface area is 146 Å². The Kier molecular flexibility index (Phi) is 4.56. The van der Waals surface area contributed by atoms with Crippen LogP contribution in [0.3, 0.4) is 0 Å². The van der Waals surface area contributed by atoms with E-state index >= 15 is 0 Å². The quantitative estimate of drug-likeness (QED) is 0.712. The highest BCUT2D eigenvalue weighted by atomic mass is 16.5. The van der Waals surface area contributed by atoms with Gasteiger partial charge in [0.05, 0.1) is 12.6 Å². The van der Waals surface area contributed by atoms with Gasteiger partial charge in [-0.2, -0.15) is 10.1 Å². The fourth-order valence-corrected chi connectivity index (χ4v) is 3.52. The van der Waals surface area contributed by atoms with E-state index in [0.717, 1.165) is 25.1 Å². The van der Waals surface area contributed by atoms with Gasteiger partial charge in [-0.05, 0) is 26.3 Å². The molecule has 0 saturated carbocycles. The molecule has 1 aliphatic rings. The Morgan fingerprint density at radius 1 is 1.24 bits per heavy atom. The van der Waals surface area contributed by atoms with Crippen LogP contribution in [0.25, 0.3) is 11.4 Å². The Morgan fingerprint density at radius 2 is 2.12 bits per heavy atom. The molecule has 1 saturated heterocycles. The monoisotopic (exact) mass is 338 g/mol. The molecule has 2 aromatic heterocycles. The van der Waals surface area contributed by atoms with E-state index < -0.39 is 0 Å². The van der Waals surface area contributed by atoms with E-state index in [9.17, 15) is 0 Å². The number of hydrogen-bond donors (Lipinski definition) is 0. The van der Waals surface area contributed by atoms with Crippen LogP contribution in [0.2, 0.25) is 0 Å². The lowest BCUT2D eigenvalue weighted by molar-refractivity contribution is 0.0719. The minimum atomic E-state index is 0.0822. The molecule has 0 unspecified atom stereocenters. The van der Waals surface area contributed by atoms with E-state index in [2.05, 4.69) is 32.0 Å². The van der Waals surface area contributed by atoms with Crippen molar-refractivity contribution in [1.82, 2.24) is 29.8 Å². The fourth-order valence-electron chi connectivity index (χ4n) is 3.52. The van der Waals surface area contributed by atoms with Gasteiger partial charge in [0.25, 0.3) is 0 Å². The molecule has 1 fully saturated rings. The minimum Gasteiger partial charge on any atom is -0.337 e. The number of benzene rings is 1. The molecule has 0 bridgehead atoms. The van der Waals surface area contributed by atoms with E-state index in [1.807, 2.05) is 35.0 Å². The maximum Gasteiger partial charge on any atom is 0.244 e. The molecule has 3 heterocycles. The van der Waals surface area contributed by atoms with E-state index in [-0.39, 0.29) is 6.04 Å². The summed E-state index contributed by atoms with van der Waals surface area (Å²) in [6.07, 6.45) is 6.93. The average Bonchev–Trinajstić information content (AvgIpc) is 3.34. The number of aromatic nitrogens is 5. The summed E-state index contributed by atoms with van der Waals surface area (Å²) in [6, 6.07) is 10.4. The minimum absolute atomic E-state index is 0.0822. The van der Waals surface area contributed by atoms with Gasteiger partial charge in [0.15, 0.2) is 0 Å². The third-order valence-electron chi connectivity index (χ3n) is 4.87. The number of rotatable bonds is 5. The van der Waals surface area contributed by atoms with Crippen molar-refractivity contribution in [3.8, 4) is 11.4 Å². The molecule has 7 heteroatoms. The molecule has 4 rings (SSSR count). The zero-order chi connectivity index (χ0) is 17.1. The summed E-state index contributed by atoms with van der Waals surface area (Å²) in [5.41, 5.74) is 0.975. The average molecular weight is 338 g/mol. The normalized spacial score (nSPS) is 19.8. The molecule has 0 aliphatic carbocycles. The van der Waals surface area contributed by atoms with Gasteiger partial charge in [-0.3, -0.25) is 9.58 Å². The van der Waals surface area contributed by atoms with Crippen molar-refractivity contribution in [3.63, 3.8) is 0 Å². The number of nitrogens with zero attached hydrogens (tertiary/aromatic N) is 6. The standard InChI is InChI=1S/C18H22N6O/c1-14(18-21-17(22-25-18)15-7-3-2-4-8-15)24-10-6-5-9-16(24)11-23-13-19-12-20-23/h2-4,7-8,12-14,16H,5-6,9-11H2,1H3/t14-,16-/m1/s1. The molecule has 7 nitrogen and oxygen atoms in total. The molecule has 3 aromatic rings. The summed E-state index contributed by atoms with van der Waals surface area (Å²) in [7, 11) is 0. The molecule has 25 heavy (non-hydrogen) atoms. The molecule has 1 aliphatic heterocycles. The molecule has 2 atom stereocenters. The first kappa shape index (κ1) is 16.0. The zero-order valence-corrected chi connectivity index (χ0v) is 14.3. The van der Waals surface area contributed by atoms with Crippen molar-refractivity contribution in [1.29, 1.82) is 0 Å². The van der Waals surface area contributed by atoms with E-state index in [1.54, 1.807) is 12.7 Å². The van der Waals surface area contributed by atoms with Crippen molar-refractivity contribution in [2.45, 2.75) is 44.8 Å². The van der Waals surface area contributed by atoms with Gasteiger partial charge in [0.1, 0.15) is 12.7 Å². The van der Waals surface area contributed by atoms with Gasteiger partial charge in [-0.1, -0.05) is 41.9 Å². The van der Waals surface area contributed by atoms with Gasteiger partial charge in [-0.15, -0.1) is 0 Å². The highest BCUT2D eigenvalue weighted by Gasteiger charge is 2.30. The fraction of sp³-hybridized carbons (Fsp3) is 0.444. The van der Waals surface area contributed by atoms with Crippen LogP contribution in [0.5, 0.6) is 0 Å². The molecule has 130 valence electrons. The van der Waals surface area contributed by atoms with Gasteiger partial charge < -0.3 is 4.52 Å². The van der Waals surface area contributed by atoms with E-state index in [4.69, 9.17) is 4.52 Å². The Bertz CT molecular complexity index is 785. The van der Waals surface area contributed by atoms with Crippen molar-refractivity contribution < 1.29 is 4.52 Å². The summed E-state index contributed by atoms with van der Waals surface area (Å²) in [6.45, 7) is 4.01. The maximum absolute atomic E-state index is 5.58. The number of hydrogen-bond acceptors (Lipinski definition) is 6. The smallest absolute Gasteiger partial charge is 0.244 e. The highest BCUT2D eigenvalue weighted by molar-refractivity contribution is 5.53. The predicted molar refractivity (Wildman–Crippen MR) is 92.5 cm³/mol. The lowest BCUT2D eigenvalue weighted by atomic mass is 10.00. The van der Waals surface area contributed by atoms with Crippen LogP contribution >= 0.6 is 0 Å². The molecule has 0 N–H and O–H groups in total. The van der Waals surface area contributed by atoms with E-state index in [0.29, 0.717) is 17.8 Å². The first-order chi connectivity index (χ1) is 12.3. The van der Waals surface area contributed by atoms with Crippen molar-refractivity contribution >= 4 is 0 Å². The van der Waals surface area contributed by atoms with Gasteiger partial charge >= 0.3 is 0 Å². The first-order valence-corrected chi connectivity index (χ1v) is 8.78. The van der Waals surface area contributed by atoms with Crippen LogP contribution in [0.15, 0.2) is 47.5 Å². The Morgan fingerprint density at radius 3 is 2.92 bits per heavy atom. The molecular weight excluding hydrogens is 316 g/mol. The second-order valence-corrected chi connectivity index (χ2v) is 6.50. The Hall–Kier alpha value is -2.54. The third kappa shape index (κ3) is 3.46. The van der Waals surface area contributed by atoms with Crippen LogP contribution in [-0.2, 0) is 6.54 Å². The molecule has 0 amide bonds. The molecule has 0 radical (unpaired) electrons.